The van der Waals surface area contributed by atoms with Gasteiger partial charge in [-0.25, -0.2) is 0 Å². The molecule has 3 heterocycles. The van der Waals surface area contributed by atoms with Gasteiger partial charge in [-0.05, 0) is 43.9 Å². The minimum atomic E-state index is -0.160. The van der Waals surface area contributed by atoms with E-state index in [1.165, 1.54) is 12.1 Å². The van der Waals surface area contributed by atoms with Crippen LogP contribution in [-0.4, -0.2) is 69.1 Å². The number of rotatable bonds is 6. The molecule has 0 bridgehead atoms. The van der Waals surface area contributed by atoms with E-state index in [1.807, 2.05) is 6.07 Å². The Morgan fingerprint density at radius 1 is 1.07 bits per heavy atom. The number of ether oxygens (including phenoxy) is 2. The van der Waals surface area contributed by atoms with Gasteiger partial charge in [0.15, 0.2) is 6.29 Å². The number of benzene rings is 1. The molecule has 0 radical (unpaired) electrons. The molecule has 6 heteroatoms. The van der Waals surface area contributed by atoms with Crippen LogP contribution in [0.15, 0.2) is 30.3 Å². The molecule has 6 nitrogen and oxygen atoms in total. The van der Waals surface area contributed by atoms with Gasteiger partial charge >= 0.3 is 0 Å². The Balaban J connectivity index is 1.22. The molecule has 1 amide bonds. The second-order valence-electron chi connectivity index (χ2n) is 7.88. The molecule has 4 rings (SSSR count). The van der Waals surface area contributed by atoms with Gasteiger partial charge in [-0.2, -0.15) is 0 Å². The normalized spacial score (nSPS) is 27.2. The van der Waals surface area contributed by atoms with Crippen LogP contribution >= 0.6 is 0 Å². The van der Waals surface area contributed by atoms with E-state index >= 15 is 0 Å². The minimum Gasteiger partial charge on any atom is -0.371 e. The molecule has 0 aliphatic carbocycles. The van der Waals surface area contributed by atoms with E-state index in [9.17, 15) is 4.79 Å². The quantitative estimate of drug-likeness (QED) is 0.825. The second kappa shape index (κ2) is 9.04. The summed E-state index contributed by atoms with van der Waals surface area (Å²) >= 11 is 0. The summed E-state index contributed by atoms with van der Waals surface area (Å²) in [6, 6.07) is 10.7. The van der Waals surface area contributed by atoms with Crippen molar-refractivity contribution < 1.29 is 14.3 Å². The number of likely N-dealkylation sites (tertiary alicyclic amines) is 1. The smallest absolute Gasteiger partial charge is 0.234 e. The Kier molecular flexibility index (Phi) is 6.27. The van der Waals surface area contributed by atoms with Crippen LogP contribution in [0.2, 0.25) is 0 Å². The summed E-state index contributed by atoms with van der Waals surface area (Å²) in [4.78, 5) is 17.2. The van der Waals surface area contributed by atoms with Crippen molar-refractivity contribution in [3.05, 3.63) is 30.3 Å². The van der Waals surface area contributed by atoms with Crippen molar-refractivity contribution in [1.29, 1.82) is 0 Å². The largest absolute Gasteiger partial charge is 0.371 e. The Bertz CT molecular complexity index is 606. The van der Waals surface area contributed by atoms with Gasteiger partial charge in [0, 0.05) is 25.3 Å². The molecule has 1 aromatic rings. The van der Waals surface area contributed by atoms with E-state index in [1.54, 1.807) is 0 Å². The topological polar surface area (TPSA) is 54.0 Å². The zero-order valence-corrected chi connectivity index (χ0v) is 16.0. The summed E-state index contributed by atoms with van der Waals surface area (Å²) in [6.45, 7) is 5.57. The number of para-hydroxylation sites is 1. The van der Waals surface area contributed by atoms with Crippen molar-refractivity contribution in [2.45, 2.75) is 38.0 Å². The number of hydrogen-bond donors (Lipinski definition) is 1. The van der Waals surface area contributed by atoms with Crippen molar-refractivity contribution in [3.8, 4) is 0 Å². The molecule has 2 atom stereocenters. The van der Waals surface area contributed by atoms with Crippen LogP contribution in [0.5, 0.6) is 0 Å². The van der Waals surface area contributed by atoms with Crippen LogP contribution in [0.3, 0.4) is 0 Å². The molecule has 3 aliphatic heterocycles. The Hall–Kier alpha value is -1.63. The maximum atomic E-state index is 12.5. The van der Waals surface area contributed by atoms with Crippen LogP contribution in [0.25, 0.3) is 0 Å². The number of anilines is 1. The van der Waals surface area contributed by atoms with Gasteiger partial charge in [-0.1, -0.05) is 24.6 Å². The molecule has 148 valence electrons. The monoisotopic (exact) mass is 373 g/mol. The second-order valence-corrected chi connectivity index (χ2v) is 7.88. The zero-order chi connectivity index (χ0) is 18.5. The van der Waals surface area contributed by atoms with Crippen LogP contribution in [0.4, 0.5) is 5.69 Å². The molecule has 3 saturated heterocycles. The standard InChI is InChI=1S/C21H31N3O3/c25-20(16-24-10-5-4-8-19(24)21-26-12-13-27-21)22-14-17-9-11-23(15-17)18-6-2-1-3-7-18/h1-3,6-7,17,19,21H,4-5,8-16H2,(H,22,25). The summed E-state index contributed by atoms with van der Waals surface area (Å²) in [5, 5.41) is 3.17. The van der Waals surface area contributed by atoms with Crippen molar-refractivity contribution in [2.24, 2.45) is 5.92 Å². The molecule has 3 aliphatic rings. The number of nitrogens with one attached hydrogen (secondary N) is 1. The summed E-state index contributed by atoms with van der Waals surface area (Å²) in [5.74, 6) is 0.644. The molecule has 0 spiro atoms. The third-order valence-corrected chi connectivity index (χ3v) is 5.97. The molecular weight excluding hydrogens is 342 g/mol. The third kappa shape index (κ3) is 4.81. The van der Waals surface area contributed by atoms with Gasteiger partial charge in [0.2, 0.25) is 5.91 Å². The maximum absolute atomic E-state index is 12.5. The first-order valence-electron chi connectivity index (χ1n) is 10.3. The number of piperidine rings is 1. The first-order chi connectivity index (χ1) is 13.3. The third-order valence-electron chi connectivity index (χ3n) is 5.97. The van der Waals surface area contributed by atoms with Crippen LogP contribution in [0, 0.1) is 5.92 Å². The number of nitrogens with zero attached hydrogens (tertiary/aromatic N) is 2. The summed E-state index contributed by atoms with van der Waals surface area (Å²) in [5.41, 5.74) is 1.28. The Morgan fingerprint density at radius 3 is 2.70 bits per heavy atom. The van der Waals surface area contributed by atoms with Crippen LogP contribution in [0.1, 0.15) is 25.7 Å². The average molecular weight is 373 g/mol. The average Bonchev–Trinajstić information content (AvgIpc) is 3.40. The van der Waals surface area contributed by atoms with Crippen molar-refractivity contribution in [2.75, 3.05) is 50.8 Å². The molecule has 1 N–H and O–H groups in total. The molecule has 2 unspecified atom stereocenters. The SMILES string of the molecule is O=C(CN1CCCCC1C1OCCO1)NCC1CCN(c2ccccc2)C1. The lowest BCUT2D eigenvalue weighted by atomic mass is 10.0. The first-order valence-corrected chi connectivity index (χ1v) is 10.3. The molecule has 1 aromatic carbocycles. The number of hydrogen-bond acceptors (Lipinski definition) is 5. The molecule has 27 heavy (non-hydrogen) atoms. The van der Waals surface area contributed by atoms with E-state index in [2.05, 4.69) is 39.4 Å². The summed E-state index contributed by atoms with van der Waals surface area (Å²) in [7, 11) is 0. The number of amides is 1. The number of carbonyl (C=O) groups is 1. The highest BCUT2D eigenvalue weighted by Crippen LogP contribution is 2.25. The van der Waals surface area contributed by atoms with E-state index in [0.717, 1.165) is 45.4 Å². The van der Waals surface area contributed by atoms with Crippen LogP contribution < -0.4 is 10.2 Å². The fourth-order valence-corrected chi connectivity index (χ4v) is 4.49. The van der Waals surface area contributed by atoms with Gasteiger partial charge < -0.3 is 19.7 Å². The predicted molar refractivity (Wildman–Crippen MR) is 105 cm³/mol. The molecule has 0 saturated carbocycles. The maximum Gasteiger partial charge on any atom is 0.234 e. The molecule has 3 fully saturated rings. The summed E-state index contributed by atoms with van der Waals surface area (Å²) < 4.78 is 11.4. The van der Waals surface area contributed by atoms with E-state index in [4.69, 9.17) is 9.47 Å². The highest BCUT2D eigenvalue weighted by atomic mass is 16.7. The summed E-state index contributed by atoms with van der Waals surface area (Å²) in [6.07, 6.45) is 4.35. The predicted octanol–water partition coefficient (Wildman–Crippen LogP) is 1.86. The Morgan fingerprint density at radius 2 is 1.89 bits per heavy atom. The minimum absolute atomic E-state index is 0.123. The van der Waals surface area contributed by atoms with E-state index < -0.39 is 0 Å². The van der Waals surface area contributed by atoms with Crippen molar-refractivity contribution in [1.82, 2.24) is 10.2 Å². The molecule has 0 aromatic heterocycles. The van der Waals surface area contributed by atoms with Crippen LogP contribution in [-0.2, 0) is 14.3 Å². The molecular formula is C21H31N3O3. The lowest BCUT2D eigenvalue weighted by Crippen LogP contribution is -2.51. The number of carbonyl (C=O) groups excluding carboxylic acids is 1. The van der Waals surface area contributed by atoms with E-state index in [-0.39, 0.29) is 18.2 Å². The van der Waals surface area contributed by atoms with Crippen molar-refractivity contribution in [3.63, 3.8) is 0 Å². The van der Waals surface area contributed by atoms with Gasteiger partial charge in [0.05, 0.1) is 25.8 Å². The zero-order valence-electron chi connectivity index (χ0n) is 16.0. The Labute approximate surface area is 161 Å². The lowest BCUT2D eigenvalue weighted by Gasteiger charge is -2.37. The lowest BCUT2D eigenvalue weighted by molar-refractivity contribution is -0.131. The fraction of sp³-hybridized carbons (Fsp3) is 0.667. The van der Waals surface area contributed by atoms with Gasteiger partial charge in [0.25, 0.3) is 0 Å². The van der Waals surface area contributed by atoms with Gasteiger partial charge in [0.1, 0.15) is 0 Å². The van der Waals surface area contributed by atoms with Gasteiger partial charge in [-0.3, -0.25) is 9.69 Å². The van der Waals surface area contributed by atoms with Gasteiger partial charge in [-0.15, -0.1) is 0 Å². The highest BCUT2D eigenvalue weighted by Gasteiger charge is 2.34. The first kappa shape index (κ1) is 18.7. The fourth-order valence-electron chi connectivity index (χ4n) is 4.49. The van der Waals surface area contributed by atoms with Crippen molar-refractivity contribution >= 4 is 11.6 Å². The van der Waals surface area contributed by atoms with E-state index in [0.29, 0.717) is 25.7 Å². The highest BCUT2D eigenvalue weighted by molar-refractivity contribution is 5.78.